The van der Waals surface area contributed by atoms with E-state index in [0.717, 1.165) is 5.56 Å². The first-order valence-electron chi connectivity index (χ1n) is 6.64. The van der Waals surface area contributed by atoms with E-state index < -0.39 is 15.6 Å². The zero-order valence-electron chi connectivity index (χ0n) is 12.2. The van der Waals surface area contributed by atoms with Gasteiger partial charge < -0.3 is 9.84 Å². The van der Waals surface area contributed by atoms with E-state index in [1.165, 1.54) is 0 Å². The predicted octanol–water partition coefficient (Wildman–Crippen LogP) is 1.31. The molecule has 0 atom stereocenters. The van der Waals surface area contributed by atoms with Crippen molar-refractivity contribution in [1.29, 1.82) is 0 Å². The van der Waals surface area contributed by atoms with Crippen LogP contribution in [0.15, 0.2) is 29.2 Å². The third kappa shape index (κ3) is 5.20. The van der Waals surface area contributed by atoms with Crippen LogP contribution in [0.25, 0.3) is 0 Å². The first-order valence-corrected chi connectivity index (χ1v) is 8.12. The number of sulfonamides is 1. The largest absolute Gasteiger partial charge is 0.396 e. The normalized spacial score (nSPS) is 12.6. The molecule has 114 valence electrons. The van der Waals surface area contributed by atoms with Crippen molar-refractivity contribution in [3.05, 3.63) is 29.8 Å². The Morgan fingerprint density at radius 1 is 1.25 bits per heavy atom. The molecule has 0 saturated heterocycles. The predicted molar refractivity (Wildman–Crippen MR) is 78.1 cm³/mol. The van der Waals surface area contributed by atoms with Gasteiger partial charge in [-0.3, -0.25) is 0 Å². The number of hydrogen-bond donors (Lipinski definition) is 2. The molecule has 1 rings (SSSR count). The summed E-state index contributed by atoms with van der Waals surface area (Å²) in [5.74, 6) is 0. The second kappa shape index (κ2) is 7.17. The van der Waals surface area contributed by atoms with Crippen molar-refractivity contribution in [2.75, 3.05) is 19.8 Å². The van der Waals surface area contributed by atoms with Crippen molar-refractivity contribution in [3.8, 4) is 0 Å². The van der Waals surface area contributed by atoms with Gasteiger partial charge in [0.25, 0.3) is 0 Å². The molecule has 0 spiro atoms. The van der Waals surface area contributed by atoms with Gasteiger partial charge in [-0.2, -0.15) is 0 Å². The maximum Gasteiger partial charge on any atom is 0.240 e. The Kier molecular flexibility index (Phi) is 6.13. The lowest BCUT2D eigenvalue weighted by Gasteiger charge is -2.24. The zero-order valence-corrected chi connectivity index (χ0v) is 13.0. The summed E-state index contributed by atoms with van der Waals surface area (Å²) in [6.07, 6.45) is 0.519. The smallest absolute Gasteiger partial charge is 0.240 e. The summed E-state index contributed by atoms with van der Waals surface area (Å²) in [5, 5.41) is 8.83. The van der Waals surface area contributed by atoms with E-state index in [1.54, 1.807) is 24.3 Å². The average Bonchev–Trinajstić information content (AvgIpc) is 2.38. The maximum absolute atomic E-state index is 12.1. The van der Waals surface area contributed by atoms with Gasteiger partial charge in [-0.05, 0) is 44.9 Å². The molecule has 0 fully saturated rings. The van der Waals surface area contributed by atoms with E-state index in [-0.39, 0.29) is 18.0 Å². The lowest BCUT2D eigenvalue weighted by Crippen LogP contribution is -2.40. The van der Waals surface area contributed by atoms with Gasteiger partial charge in [0.05, 0.1) is 10.5 Å². The van der Waals surface area contributed by atoms with Crippen LogP contribution in [0.3, 0.4) is 0 Å². The van der Waals surface area contributed by atoms with Crippen LogP contribution < -0.4 is 4.72 Å². The summed E-state index contributed by atoms with van der Waals surface area (Å²) in [5.41, 5.74) is 0.361. The van der Waals surface area contributed by atoms with Crippen LogP contribution in [0.1, 0.15) is 26.3 Å². The molecule has 2 N–H and O–H groups in total. The third-order valence-corrected chi connectivity index (χ3v) is 4.27. The fraction of sp³-hybridized carbons (Fsp3) is 0.571. The Balaban J connectivity index is 2.73. The van der Waals surface area contributed by atoms with Gasteiger partial charge in [0.1, 0.15) is 0 Å². The van der Waals surface area contributed by atoms with Crippen molar-refractivity contribution in [2.45, 2.75) is 37.7 Å². The monoisotopic (exact) mass is 301 g/mol. The number of benzene rings is 1. The highest BCUT2D eigenvalue weighted by Gasteiger charge is 2.22. The summed E-state index contributed by atoms with van der Waals surface area (Å²) in [6.45, 7) is 6.34. The number of rotatable bonds is 8. The van der Waals surface area contributed by atoms with E-state index in [0.29, 0.717) is 13.0 Å². The van der Waals surface area contributed by atoms with Crippen LogP contribution in [-0.2, 0) is 21.2 Å². The lowest BCUT2D eigenvalue weighted by atomic mass is 10.1. The van der Waals surface area contributed by atoms with Gasteiger partial charge in [-0.1, -0.05) is 12.1 Å². The topological polar surface area (TPSA) is 75.6 Å². The standard InChI is InChI=1S/C14H23NO4S/c1-4-19-14(2,3)11-15-20(17,18)13-7-5-12(6-8-13)9-10-16/h5-8,15-16H,4,9-11H2,1-3H3. The van der Waals surface area contributed by atoms with Crippen molar-refractivity contribution >= 4 is 10.0 Å². The molecule has 5 nitrogen and oxygen atoms in total. The molecular weight excluding hydrogens is 278 g/mol. The van der Waals surface area contributed by atoms with Crippen LogP contribution in [0.2, 0.25) is 0 Å². The Bertz CT molecular complexity index is 508. The van der Waals surface area contributed by atoms with Gasteiger partial charge in [0, 0.05) is 19.8 Å². The average molecular weight is 301 g/mol. The maximum atomic E-state index is 12.1. The summed E-state index contributed by atoms with van der Waals surface area (Å²) < 4.78 is 32.3. The van der Waals surface area contributed by atoms with E-state index in [1.807, 2.05) is 20.8 Å². The van der Waals surface area contributed by atoms with Crippen LogP contribution in [-0.4, -0.2) is 38.9 Å². The molecule has 0 amide bonds. The highest BCUT2D eigenvalue weighted by Crippen LogP contribution is 2.13. The minimum absolute atomic E-state index is 0.0485. The Hall–Kier alpha value is -0.950. The number of nitrogens with one attached hydrogen (secondary N) is 1. The summed E-state index contributed by atoms with van der Waals surface area (Å²) in [6, 6.07) is 6.50. The Labute approximate surface area is 121 Å². The van der Waals surface area contributed by atoms with E-state index >= 15 is 0 Å². The molecule has 0 saturated carbocycles. The number of aliphatic hydroxyl groups is 1. The van der Waals surface area contributed by atoms with E-state index in [2.05, 4.69) is 4.72 Å². The molecule has 1 aromatic rings. The molecular formula is C14H23NO4S. The SMILES string of the molecule is CCOC(C)(C)CNS(=O)(=O)c1ccc(CCO)cc1. The molecule has 0 aromatic heterocycles. The third-order valence-electron chi connectivity index (χ3n) is 2.86. The molecule has 6 heteroatoms. The van der Waals surface area contributed by atoms with E-state index in [9.17, 15) is 8.42 Å². The Morgan fingerprint density at radius 3 is 2.35 bits per heavy atom. The molecule has 0 aliphatic heterocycles. The molecule has 0 aliphatic carbocycles. The van der Waals surface area contributed by atoms with Crippen LogP contribution >= 0.6 is 0 Å². The Morgan fingerprint density at radius 2 is 1.85 bits per heavy atom. The highest BCUT2D eigenvalue weighted by molar-refractivity contribution is 7.89. The molecule has 0 aliphatic rings. The molecule has 0 bridgehead atoms. The summed E-state index contributed by atoms with van der Waals surface area (Å²) in [4.78, 5) is 0.214. The molecule has 0 heterocycles. The molecule has 1 aromatic carbocycles. The number of ether oxygens (including phenoxy) is 1. The van der Waals surface area contributed by atoms with E-state index in [4.69, 9.17) is 9.84 Å². The summed E-state index contributed by atoms with van der Waals surface area (Å²) in [7, 11) is -3.54. The fourth-order valence-corrected chi connectivity index (χ4v) is 2.96. The van der Waals surface area contributed by atoms with Gasteiger partial charge in [-0.15, -0.1) is 0 Å². The van der Waals surface area contributed by atoms with Gasteiger partial charge >= 0.3 is 0 Å². The summed E-state index contributed by atoms with van der Waals surface area (Å²) >= 11 is 0. The lowest BCUT2D eigenvalue weighted by molar-refractivity contribution is -0.00515. The van der Waals surface area contributed by atoms with Crippen LogP contribution in [0, 0.1) is 0 Å². The second-order valence-electron chi connectivity index (χ2n) is 5.13. The minimum Gasteiger partial charge on any atom is -0.396 e. The number of hydrogen-bond acceptors (Lipinski definition) is 4. The number of aliphatic hydroxyl groups excluding tert-OH is 1. The zero-order chi connectivity index (χ0) is 15.2. The minimum atomic E-state index is -3.54. The first-order chi connectivity index (χ1) is 9.30. The van der Waals surface area contributed by atoms with Gasteiger partial charge in [0.15, 0.2) is 0 Å². The highest BCUT2D eigenvalue weighted by atomic mass is 32.2. The van der Waals surface area contributed by atoms with Crippen LogP contribution in [0.5, 0.6) is 0 Å². The quantitative estimate of drug-likeness (QED) is 0.759. The second-order valence-corrected chi connectivity index (χ2v) is 6.90. The van der Waals surface area contributed by atoms with Gasteiger partial charge in [-0.25, -0.2) is 13.1 Å². The van der Waals surface area contributed by atoms with Crippen molar-refractivity contribution in [3.63, 3.8) is 0 Å². The van der Waals surface area contributed by atoms with Crippen LogP contribution in [0.4, 0.5) is 0 Å². The van der Waals surface area contributed by atoms with Gasteiger partial charge in [0.2, 0.25) is 10.0 Å². The van der Waals surface area contributed by atoms with Crippen molar-refractivity contribution in [2.24, 2.45) is 0 Å². The molecule has 20 heavy (non-hydrogen) atoms. The fourth-order valence-electron chi connectivity index (χ4n) is 1.76. The van der Waals surface area contributed by atoms with Crippen molar-refractivity contribution in [1.82, 2.24) is 4.72 Å². The molecule has 0 unspecified atom stereocenters. The van der Waals surface area contributed by atoms with Crippen molar-refractivity contribution < 1.29 is 18.3 Å². The first kappa shape index (κ1) is 17.1. The molecule has 0 radical (unpaired) electrons.